The van der Waals surface area contributed by atoms with E-state index in [1.54, 1.807) is 30.3 Å². The fraction of sp³-hybridized carbons (Fsp3) is 0.200. The van der Waals surface area contributed by atoms with E-state index in [1.165, 1.54) is 0 Å². The average Bonchev–Trinajstić information content (AvgIpc) is 2.58. The number of ketones is 2. The highest BCUT2D eigenvalue weighted by atomic mass is 16.5. The normalized spacial score (nSPS) is 19.1. The third-order valence-corrected chi connectivity index (χ3v) is 3.23. The van der Waals surface area contributed by atoms with Crippen LogP contribution in [-0.4, -0.2) is 24.8 Å². The van der Waals surface area contributed by atoms with Crippen LogP contribution in [0, 0.1) is 0 Å². The summed E-state index contributed by atoms with van der Waals surface area (Å²) in [6.45, 7) is 2.57. The van der Waals surface area contributed by atoms with Crippen molar-refractivity contribution in [1.82, 2.24) is 0 Å². The summed E-state index contributed by atoms with van der Waals surface area (Å²) in [6.07, 6.45) is 1.78. The minimum absolute atomic E-state index is 0.0787. The van der Waals surface area contributed by atoms with E-state index in [0.29, 0.717) is 28.9 Å². The molecule has 1 aromatic rings. The van der Waals surface area contributed by atoms with Gasteiger partial charge in [-0.25, -0.2) is 0 Å². The van der Waals surface area contributed by atoms with Crippen LogP contribution in [0.25, 0.3) is 0 Å². The lowest BCUT2D eigenvalue weighted by Gasteiger charge is -2.17. The van der Waals surface area contributed by atoms with Gasteiger partial charge in [-0.2, -0.15) is 0 Å². The van der Waals surface area contributed by atoms with Gasteiger partial charge in [-0.05, 0) is 18.6 Å². The van der Waals surface area contributed by atoms with Crippen LogP contribution in [0.2, 0.25) is 0 Å². The summed E-state index contributed by atoms with van der Waals surface area (Å²) in [5.41, 5.74) is 2.91. The molecular formula is C15H12O3. The largest absolute Gasteiger partial charge is 0.372 e. The molecule has 0 aromatic heterocycles. The Hall–Kier alpha value is -2.00. The number of Topliss-reactive ketones (excluding diaryl/α,β-unsaturated/α-hetero) is 2. The second kappa shape index (κ2) is 4.03. The third kappa shape index (κ3) is 1.56. The molecule has 1 heterocycles. The molecule has 90 valence electrons. The van der Waals surface area contributed by atoms with Crippen molar-refractivity contribution in [3.05, 3.63) is 58.2 Å². The Balaban J connectivity index is 2.23. The van der Waals surface area contributed by atoms with Crippen molar-refractivity contribution < 1.29 is 14.3 Å². The first-order valence-electron chi connectivity index (χ1n) is 5.85. The molecule has 3 nitrogen and oxygen atoms in total. The molecule has 1 aliphatic carbocycles. The second-order valence-electron chi connectivity index (χ2n) is 4.58. The summed E-state index contributed by atoms with van der Waals surface area (Å²) in [6, 6.07) is 6.95. The van der Waals surface area contributed by atoms with Crippen LogP contribution in [0.5, 0.6) is 0 Å². The number of allylic oxidation sites excluding steroid dienone is 2. The van der Waals surface area contributed by atoms with Crippen molar-refractivity contribution in [2.75, 3.05) is 13.2 Å². The van der Waals surface area contributed by atoms with Gasteiger partial charge in [-0.1, -0.05) is 24.3 Å². The first kappa shape index (κ1) is 11.1. The molecular weight excluding hydrogens is 228 g/mol. The molecule has 1 aliphatic heterocycles. The van der Waals surface area contributed by atoms with Gasteiger partial charge in [0, 0.05) is 22.3 Å². The summed E-state index contributed by atoms with van der Waals surface area (Å²) < 4.78 is 5.41. The predicted octanol–water partition coefficient (Wildman–Crippen LogP) is 2.34. The molecule has 3 rings (SSSR count). The Bertz CT molecular complexity index is 620. The molecule has 0 amide bonds. The number of rotatable bonds is 0. The van der Waals surface area contributed by atoms with Crippen molar-refractivity contribution in [3.63, 3.8) is 0 Å². The maximum atomic E-state index is 12.4. The predicted molar refractivity (Wildman–Crippen MR) is 66.7 cm³/mol. The molecule has 2 aliphatic rings. The molecule has 0 atom stereocenters. The number of fused-ring (bicyclic) bond motifs is 1. The topological polar surface area (TPSA) is 43.4 Å². The molecule has 0 fully saturated rings. The monoisotopic (exact) mass is 240 g/mol. The average molecular weight is 240 g/mol. The highest BCUT2D eigenvalue weighted by Gasteiger charge is 2.31. The van der Waals surface area contributed by atoms with Gasteiger partial charge in [-0.15, -0.1) is 0 Å². The van der Waals surface area contributed by atoms with Crippen molar-refractivity contribution in [2.45, 2.75) is 6.92 Å². The highest BCUT2D eigenvalue weighted by molar-refractivity contribution is 6.28. The van der Waals surface area contributed by atoms with E-state index in [2.05, 4.69) is 0 Å². The fourth-order valence-electron chi connectivity index (χ4n) is 2.34. The molecule has 0 saturated carbocycles. The molecule has 0 unspecified atom stereocenters. The van der Waals surface area contributed by atoms with Crippen LogP contribution >= 0.6 is 0 Å². The zero-order valence-corrected chi connectivity index (χ0v) is 10.0. The van der Waals surface area contributed by atoms with E-state index >= 15 is 0 Å². The molecule has 0 saturated heterocycles. The summed E-state index contributed by atoms with van der Waals surface area (Å²) in [7, 11) is 0. The molecule has 3 heteroatoms. The Morgan fingerprint density at radius 1 is 1.00 bits per heavy atom. The van der Waals surface area contributed by atoms with Crippen LogP contribution in [0.4, 0.5) is 0 Å². The smallest absolute Gasteiger partial charge is 0.194 e. The van der Waals surface area contributed by atoms with E-state index in [0.717, 1.165) is 5.57 Å². The Labute approximate surface area is 105 Å². The first-order valence-corrected chi connectivity index (χ1v) is 5.85. The number of hydrogen-bond donors (Lipinski definition) is 0. The molecule has 0 bridgehead atoms. The molecule has 0 radical (unpaired) electrons. The van der Waals surface area contributed by atoms with Crippen LogP contribution in [0.1, 0.15) is 27.6 Å². The molecule has 18 heavy (non-hydrogen) atoms. The zero-order valence-electron chi connectivity index (χ0n) is 10.0. The van der Waals surface area contributed by atoms with Crippen molar-refractivity contribution in [1.29, 1.82) is 0 Å². The minimum Gasteiger partial charge on any atom is -0.372 e. The van der Waals surface area contributed by atoms with Crippen LogP contribution in [0.15, 0.2) is 47.1 Å². The van der Waals surface area contributed by atoms with E-state index in [-0.39, 0.29) is 18.2 Å². The molecule has 0 spiro atoms. The molecule has 1 aromatic carbocycles. The Kier molecular flexibility index (Phi) is 2.49. The summed E-state index contributed by atoms with van der Waals surface area (Å²) >= 11 is 0. The van der Waals surface area contributed by atoms with Gasteiger partial charge in [0.05, 0.1) is 13.2 Å². The number of hydrogen-bond acceptors (Lipinski definition) is 3. The summed E-state index contributed by atoms with van der Waals surface area (Å²) in [5.74, 6) is -0.170. The number of carbonyl (C=O) groups is 2. The molecule has 0 N–H and O–H groups in total. The van der Waals surface area contributed by atoms with Gasteiger partial charge in [-0.3, -0.25) is 9.59 Å². The fourth-order valence-corrected chi connectivity index (χ4v) is 2.34. The van der Waals surface area contributed by atoms with Gasteiger partial charge < -0.3 is 4.74 Å². The van der Waals surface area contributed by atoms with E-state index in [9.17, 15) is 9.59 Å². The van der Waals surface area contributed by atoms with Crippen molar-refractivity contribution in [3.8, 4) is 0 Å². The second-order valence-corrected chi connectivity index (χ2v) is 4.58. The van der Waals surface area contributed by atoms with Crippen LogP contribution in [0.3, 0.4) is 0 Å². The van der Waals surface area contributed by atoms with Gasteiger partial charge >= 0.3 is 0 Å². The van der Waals surface area contributed by atoms with Gasteiger partial charge in [0.15, 0.2) is 11.6 Å². The van der Waals surface area contributed by atoms with Gasteiger partial charge in [0.2, 0.25) is 0 Å². The summed E-state index contributed by atoms with van der Waals surface area (Å²) in [4.78, 5) is 24.7. The van der Waals surface area contributed by atoms with Crippen molar-refractivity contribution in [2.24, 2.45) is 0 Å². The summed E-state index contributed by atoms with van der Waals surface area (Å²) in [5, 5.41) is 0. The maximum absolute atomic E-state index is 12.4. The van der Waals surface area contributed by atoms with Crippen LogP contribution < -0.4 is 0 Å². The Morgan fingerprint density at radius 3 is 2.39 bits per heavy atom. The lowest BCUT2D eigenvalue weighted by atomic mass is 9.84. The van der Waals surface area contributed by atoms with Gasteiger partial charge in [0.1, 0.15) is 0 Å². The number of carbonyl (C=O) groups excluding carboxylic acids is 2. The highest BCUT2D eigenvalue weighted by Crippen LogP contribution is 2.29. The third-order valence-electron chi connectivity index (χ3n) is 3.23. The number of benzene rings is 1. The SMILES string of the molecule is CC1=CC2=C(COC1)C(=O)c1ccccc1C2=O. The van der Waals surface area contributed by atoms with Crippen LogP contribution in [-0.2, 0) is 4.74 Å². The maximum Gasteiger partial charge on any atom is 0.194 e. The van der Waals surface area contributed by atoms with E-state index < -0.39 is 0 Å². The standard InChI is InChI=1S/C15H12O3/c1-9-6-12-13(8-18-7-9)15(17)11-5-3-2-4-10(11)14(12)16/h2-6H,7-8H2,1H3. The Morgan fingerprint density at radius 2 is 1.67 bits per heavy atom. The first-order chi connectivity index (χ1) is 8.68. The zero-order chi connectivity index (χ0) is 12.7. The number of ether oxygens (including phenoxy) is 1. The van der Waals surface area contributed by atoms with Crippen molar-refractivity contribution >= 4 is 11.6 Å². The minimum atomic E-state index is -0.0915. The van der Waals surface area contributed by atoms with E-state index in [4.69, 9.17) is 4.74 Å². The lowest BCUT2D eigenvalue weighted by molar-refractivity contribution is 0.0952. The van der Waals surface area contributed by atoms with Gasteiger partial charge in [0.25, 0.3) is 0 Å². The quantitative estimate of drug-likeness (QED) is 0.699. The van der Waals surface area contributed by atoms with E-state index in [1.807, 2.05) is 6.92 Å². The lowest BCUT2D eigenvalue weighted by Crippen LogP contribution is -2.23.